The molecule has 1 heterocycles. The van der Waals surface area contributed by atoms with E-state index in [-0.39, 0.29) is 0 Å². The van der Waals surface area contributed by atoms with Crippen molar-refractivity contribution in [2.75, 3.05) is 10.7 Å². The summed E-state index contributed by atoms with van der Waals surface area (Å²) < 4.78 is 0. The van der Waals surface area contributed by atoms with Gasteiger partial charge in [0.25, 0.3) is 0 Å². The molecule has 1 aliphatic rings. The van der Waals surface area contributed by atoms with Crippen LogP contribution >= 0.6 is 0 Å². The molecule has 1 aromatic heterocycles. The second-order valence-electron chi connectivity index (χ2n) is 6.43. The van der Waals surface area contributed by atoms with Crippen LogP contribution in [-0.4, -0.2) is 16.0 Å². The van der Waals surface area contributed by atoms with Gasteiger partial charge in [-0.2, -0.15) is 0 Å². The van der Waals surface area contributed by atoms with Gasteiger partial charge in [0, 0.05) is 11.6 Å². The molecule has 20 heavy (non-hydrogen) atoms. The minimum atomic E-state index is 0.322. The summed E-state index contributed by atoms with van der Waals surface area (Å²) in [5.41, 5.74) is 3.75. The molecule has 0 bridgehead atoms. The van der Waals surface area contributed by atoms with E-state index in [2.05, 4.69) is 48.4 Å². The monoisotopic (exact) mass is 277 g/mol. The number of aromatic nitrogens is 2. The van der Waals surface area contributed by atoms with E-state index in [0.29, 0.717) is 23.7 Å². The molecule has 0 spiro atoms. The van der Waals surface area contributed by atoms with Gasteiger partial charge in [-0.3, -0.25) is 0 Å². The molecule has 1 fully saturated rings. The van der Waals surface area contributed by atoms with E-state index in [9.17, 15) is 0 Å². The summed E-state index contributed by atoms with van der Waals surface area (Å²) in [6.07, 6.45) is 5.34. The molecular formula is C15H27N5. The molecule has 1 aromatic rings. The lowest BCUT2D eigenvalue weighted by Gasteiger charge is -2.34. The van der Waals surface area contributed by atoms with Crippen molar-refractivity contribution < 1.29 is 0 Å². The Labute approximate surface area is 121 Å². The van der Waals surface area contributed by atoms with Crippen LogP contribution in [0, 0.1) is 11.8 Å². The molecule has 5 nitrogen and oxygen atoms in total. The summed E-state index contributed by atoms with van der Waals surface area (Å²) in [5.74, 6) is 9.03. The highest BCUT2D eigenvalue weighted by molar-refractivity contribution is 5.58. The van der Waals surface area contributed by atoms with Gasteiger partial charge in [0.15, 0.2) is 0 Å². The standard InChI is InChI=1S/C15H27N5/c1-9(2)13-14(17-8-18-15(13)20-16)19-12-6-5-10(3)7-11(12)4/h8-12H,5-7,16H2,1-4H3,(H2,17,18,19,20). The van der Waals surface area contributed by atoms with Crippen LogP contribution in [0.3, 0.4) is 0 Å². The van der Waals surface area contributed by atoms with Gasteiger partial charge in [0.1, 0.15) is 18.0 Å². The van der Waals surface area contributed by atoms with Crippen LogP contribution in [0.25, 0.3) is 0 Å². The summed E-state index contributed by atoms with van der Waals surface area (Å²) in [7, 11) is 0. The summed E-state index contributed by atoms with van der Waals surface area (Å²) in [4.78, 5) is 8.65. The molecule has 112 valence electrons. The number of nitrogen functional groups attached to an aromatic ring is 1. The average Bonchev–Trinajstić information content (AvgIpc) is 2.41. The molecule has 0 radical (unpaired) electrons. The molecule has 5 heteroatoms. The molecule has 3 unspecified atom stereocenters. The first-order valence-corrected chi connectivity index (χ1v) is 7.61. The number of rotatable bonds is 4. The van der Waals surface area contributed by atoms with Crippen molar-refractivity contribution in [2.45, 2.75) is 58.9 Å². The van der Waals surface area contributed by atoms with Crippen LogP contribution in [0.15, 0.2) is 6.33 Å². The lowest BCUT2D eigenvalue weighted by atomic mass is 9.80. The fourth-order valence-electron chi connectivity index (χ4n) is 3.23. The molecule has 2 rings (SSSR count). The first-order valence-electron chi connectivity index (χ1n) is 7.61. The smallest absolute Gasteiger partial charge is 0.148 e. The van der Waals surface area contributed by atoms with Gasteiger partial charge in [-0.1, -0.05) is 27.7 Å². The van der Waals surface area contributed by atoms with E-state index in [1.807, 2.05) is 0 Å². The van der Waals surface area contributed by atoms with E-state index < -0.39 is 0 Å². The third-order valence-electron chi connectivity index (χ3n) is 4.35. The highest BCUT2D eigenvalue weighted by Gasteiger charge is 2.26. The Bertz CT molecular complexity index is 446. The zero-order valence-electron chi connectivity index (χ0n) is 13.0. The van der Waals surface area contributed by atoms with Crippen molar-refractivity contribution in [3.63, 3.8) is 0 Å². The van der Waals surface area contributed by atoms with Gasteiger partial charge in [-0.15, -0.1) is 0 Å². The second kappa shape index (κ2) is 6.39. The molecule has 0 amide bonds. The topological polar surface area (TPSA) is 75.9 Å². The summed E-state index contributed by atoms with van der Waals surface area (Å²) in [6, 6.07) is 0.490. The molecule has 3 atom stereocenters. The first-order chi connectivity index (χ1) is 9.52. The quantitative estimate of drug-likeness (QED) is 0.582. The number of hydrogen-bond donors (Lipinski definition) is 3. The predicted octanol–water partition coefficient (Wildman–Crippen LogP) is 3.12. The molecular weight excluding hydrogens is 250 g/mol. The summed E-state index contributed by atoms with van der Waals surface area (Å²) >= 11 is 0. The average molecular weight is 277 g/mol. The maximum atomic E-state index is 5.57. The summed E-state index contributed by atoms with van der Waals surface area (Å²) in [5, 5.41) is 3.63. The number of nitrogens with zero attached hydrogens (tertiary/aromatic N) is 2. The molecule has 4 N–H and O–H groups in total. The van der Waals surface area contributed by atoms with Crippen molar-refractivity contribution in [2.24, 2.45) is 17.7 Å². The van der Waals surface area contributed by atoms with E-state index in [1.165, 1.54) is 19.3 Å². The maximum Gasteiger partial charge on any atom is 0.148 e. The third-order valence-corrected chi connectivity index (χ3v) is 4.35. The number of hydrogen-bond acceptors (Lipinski definition) is 5. The van der Waals surface area contributed by atoms with Crippen molar-refractivity contribution in [1.82, 2.24) is 9.97 Å². The number of anilines is 2. The van der Waals surface area contributed by atoms with Gasteiger partial charge in [-0.05, 0) is 37.0 Å². The van der Waals surface area contributed by atoms with Crippen LogP contribution in [0.2, 0.25) is 0 Å². The van der Waals surface area contributed by atoms with Gasteiger partial charge in [-0.25, -0.2) is 15.8 Å². The SMILES string of the molecule is CC1CCC(Nc2ncnc(NN)c2C(C)C)C(C)C1. The molecule has 0 aliphatic heterocycles. The largest absolute Gasteiger partial charge is 0.367 e. The second-order valence-corrected chi connectivity index (χ2v) is 6.43. The number of nitrogens with one attached hydrogen (secondary N) is 2. The van der Waals surface area contributed by atoms with Gasteiger partial charge in [0.05, 0.1) is 0 Å². The molecule has 1 saturated carbocycles. The Morgan fingerprint density at radius 3 is 2.50 bits per heavy atom. The van der Waals surface area contributed by atoms with Crippen LogP contribution in [-0.2, 0) is 0 Å². The molecule has 0 aromatic carbocycles. The Morgan fingerprint density at radius 1 is 1.20 bits per heavy atom. The minimum Gasteiger partial charge on any atom is -0.367 e. The van der Waals surface area contributed by atoms with Crippen LogP contribution in [0.1, 0.15) is 58.4 Å². The normalized spacial score (nSPS) is 26.6. The van der Waals surface area contributed by atoms with E-state index in [1.54, 1.807) is 6.33 Å². The fraction of sp³-hybridized carbons (Fsp3) is 0.733. The lowest BCUT2D eigenvalue weighted by Crippen LogP contribution is -2.34. The van der Waals surface area contributed by atoms with Crippen molar-refractivity contribution >= 4 is 11.6 Å². The Balaban J connectivity index is 2.20. The zero-order chi connectivity index (χ0) is 14.7. The highest BCUT2D eigenvalue weighted by atomic mass is 15.3. The number of hydrazine groups is 1. The molecule has 0 saturated heterocycles. The maximum absolute atomic E-state index is 5.57. The Hall–Kier alpha value is -1.36. The lowest BCUT2D eigenvalue weighted by molar-refractivity contribution is 0.276. The Morgan fingerprint density at radius 2 is 1.90 bits per heavy atom. The van der Waals surface area contributed by atoms with Crippen molar-refractivity contribution in [3.8, 4) is 0 Å². The fourth-order valence-corrected chi connectivity index (χ4v) is 3.23. The van der Waals surface area contributed by atoms with E-state index in [0.717, 1.165) is 17.3 Å². The van der Waals surface area contributed by atoms with Gasteiger partial charge < -0.3 is 10.7 Å². The van der Waals surface area contributed by atoms with E-state index >= 15 is 0 Å². The van der Waals surface area contributed by atoms with Crippen LogP contribution in [0.4, 0.5) is 11.6 Å². The first kappa shape index (κ1) is 15.0. The van der Waals surface area contributed by atoms with Crippen LogP contribution < -0.4 is 16.6 Å². The van der Waals surface area contributed by atoms with Crippen molar-refractivity contribution in [3.05, 3.63) is 11.9 Å². The minimum absolute atomic E-state index is 0.322. The highest BCUT2D eigenvalue weighted by Crippen LogP contribution is 2.33. The third kappa shape index (κ3) is 3.20. The van der Waals surface area contributed by atoms with Crippen LogP contribution in [0.5, 0.6) is 0 Å². The van der Waals surface area contributed by atoms with Gasteiger partial charge >= 0.3 is 0 Å². The van der Waals surface area contributed by atoms with E-state index in [4.69, 9.17) is 5.84 Å². The predicted molar refractivity (Wildman–Crippen MR) is 83.5 cm³/mol. The van der Waals surface area contributed by atoms with Crippen molar-refractivity contribution in [1.29, 1.82) is 0 Å². The summed E-state index contributed by atoms with van der Waals surface area (Å²) in [6.45, 7) is 8.94. The zero-order valence-corrected chi connectivity index (χ0v) is 13.0. The van der Waals surface area contributed by atoms with Gasteiger partial charge in [0.2, 0.25) is 0 Å². The molecule has 1 aliphatic carbocycles. The Kier molecular flexibility index (Phi) is 4.81. The number of nitrogens with two attached hydrogens (primary N) is 1.